The molecule has 6 nitrogen and oxygen atoms in total. The fourth-order valence-electron chi connectivity index (χ4n) is 2.02. The molecule has 0 spiro atoms. The Morgan fingerprint density at radius 3 is 2.67 bits per heavy atom. The van der Waals surface area contributed by atoms with Crippen LogP contribution in [0.4, 0.5) is 0 Å². The van der Waals surface area contributed by atoms with Crippen molar-refractivity contribution in [1.82, 2.24) is 10.2 Å². The molecule has 1 saturated heterocycles. The summed E-state index contributed by atoms with van der Waals surface area (Å²) in [6.45, 7) is 6.45. The summed E-state index contributed by atoms with van der Waals surface area (Å²) in [5.41, 5.74) is 0.438. The summed E-state index contributed by atoms with van der Waals surface area (Å²) in [4.78, 5) is 25.9. The summed E-state index contributed by atoms with van der Waals surface area (Å²) in [5, 5.41) is 2.94. The average molecular weight is 291 g/mol. The van der Waals surface area contributed by atoms with E-state index in [4.69, 9.17) is 0 Å². The second-order valence-electron chi connectivity index (χ2n) is 5.14. The summed E-state index contributed by atoms with van der Waals surface area (Å²) in [6.07, 6.45) is 8.33. The number of aliphatic imine (C=N–C) groups is 3. The van der Waals surface area contributed by atoms with Crippen molar-refractivity contribution in [1.29, 1.82) is 0 Å². The van der Waals surface area contributed by atoms with Crippen LogP contribution in [0.2, 0.25) is 0 Å². The van der Waals surface area contributed by atoms with Gasteiger partial charge in [0.1, 0.15) is 12.1 Å². The zero-order chi connectivity index (χ0) is 15.5. The van der Waals surface area contributed by atoms with E-state index in [1.165, 1.54) is 18.7 Å². The third-order valence-corrected chi connectivity index (χ3v) is 3.42. The molecule has 1 heterocycles. The molecule has 21 heavy (non-hydrogen) atoms. The Kier molecular flexibility index (Phi) is 8.19. The van der Waals surface area contributed by atoms with Gasteiger partial charge in [0.15, 0.2) is 0 Å². The first kappa shape index (κ1) is 17.2. The van der Waals surface area contributed by atoms with Gasteiger partial charge in [-0.05, 0) is 52.7 Å². The lowest BCUT2D eigenvalue weighted by molar-refractivity contribution is -0.115. The lowest BCUT2D eigenvalue weighted by atomic mass is 9.97. The molecule has 0 aromatic heterocycles. The third-order valence-electron chi connectivity index (χ3n) is 3.42. The molecule has 0 unspecified atom stereocenters. The van der Waals surface area contributed by atoms with Crippen LogP contribution in [0.1, 0.15) is 26.7 Å². The van der Waals surface area contributed by atoms with Gasteiger partial charge in [-0.15, -0.1) is 0 Å². The second kappa shape index (κ2) is 9.99. The van der Waals surface area contributed by atoms with Crippen LogP contribution in [0.15, 0.2) is 27.4 Å². The van der Waals surface area contributed by atoms with Gasteiger partial charge in [-0.2, -0.15) is 0 Å². The van der Waals surface area contributed by atoms with E-state index in [9.17, 15) is 4.79 Å². The fourth-order valence-corrected chi connectivity index (χ4v) is 2.02. The van der Waals surface area contributed by atoms with Crippen molar-refractivity contribution in [2.24, 2.45) is 20.9 Å². The van der Waals surface area contributed by atoms with Crippen molar-refractivity contribution in [2.75, 3.05) is 26.7 Å². The van der Waals surface area contributed by atoms with Crippen molar-refractivity contribution in [3.05, 3.63) is 12.4 Å². The SMILES string of the molecule is CC=NC=N/C=C/N=C(C)C(=O)NCC1CCN(C)CC1. The number of carbonyl (C=O) groups excluding carboxylic acids is 1. The van der Waals surface area contributed by atoms with Gasteiger partial charge in [-0.25, -0.2) is 9.98 Å². The largest absolute Gasteiger partial charge is 0.351 e. The van der Waals surface area contributed by atoms with E-state index in [0.29, 0.717) is 11.6 Å². The monoisotopic (exact) mass is 291 g/mol. The minimum atomic E-state index is -0.117. The standard InChI is InChI=1S/C15H25N5O/c1-4-16-12-17-7-8-18-13(2)15(21)19-11-14-5-9-20(3)10-6-14/h4,7-8,12,14H,5-6,9-11H2,1-3H3,(H,19,21)/b8-7+,16-4?,17-12?,18-13?. The van der Waals surface area contributed by atoms with Crippen LogP contribution >= 0.6 is 0 Å². The number of amides is 1. The van der Waals surface area contributed by atoms with E-state index in [1.807, 2.05) is 6.92 Å². The van der Waals surface area contributed by atoms with E-state index in [2.05, 4.69) is 32.2 Å². The molecule has 1 amide bonds. The molecule has 0 bridgehead atoms. The van der Waals surface area contributed by atoms with Crippen molar-refractivity contribution in [3.8, 4) is 0 Å². The predicted molar refractivity (Wildman–Crippen MR) is 88.1 cm³/mol. The number of likely N-dealkylation sites (tertiary alicyclic amines) is 1. The fraction of sp³-hybridized carbons (Fsp3) is 0.600. The number of piperidine rings is 1. The second-order valence-corrected chi connectivity index (χ2v) is 5.14. The van der Waals surface area contributed by atoms with Crippen LogP contribution in [0.5, 0.6) is 0 Å². The van der Waals surface area contributed by atoms with Gasteiger partial charge in [-0.3, -0.25) is 9.79 Å². The Morgan fingerprint density at radius 2 is 2.00 bits per heavy atom. The minimum Gasteiger partial charge on any atom is -0.351 e. The van der Waals surface area contributed by atoms with Gasteiger partial charge in [0.05, 0.1) is 0 Å². The molecule has 0 aromatic rings. The summed E-state index contributed by atoms with van der Waals surface area (Å²) in [5.74, 6) is 0.458. The smallest absolute Gasteiger partial charge is 0.265 e. The quantitative estimate of drug-likeness (QED) is 0.595. The molecular weight excluding hydrogens is 266 g/mol. The van der Waals surface area contributed by atoms with E-state index >= 15 is 0 Å². The van der Waals surface area contributed by atoms with Crippen molar-refractivity contribution < 1.29 is 4.79 Å². The molecule has 1 aliphatic heterocycles. The Bertz CT molecular complexity index is 431. The van der Waals surface area contributed by atoms with Crippen molar-refractivity contribution >= 4 is 24.2 Å². The van der Waals surface area contributed by atoms with Crippen LogP contribution in [0.25, 0.3) is 0 Å². The third kappa shape index (κ3) is 7.51. The molecule has 0 atom stereocenters. The maximum Gasteiger partial charge on any atom is 0.265 e. The first-order valence-corrected chi connectivity index (χ1v) is 7.29. The Hall–Kier alpha value is -1.82. The average Bonchev–Trinajstić information content (AvgIpc) is 2.49. The maximum absolute atomic E-state index is 11.9. The van der Waals surface area contributed by atoms with Gasteiger partial charge in [0.25, 0.3) is 5.91 Å². The minimum absolute atomic E-state index is 0.117. The molecule has 0 aliphatic carbocycles. The lowest BCUT2D eigenvalue weighted by Crippen LogP contribution is -2.38. The van der Waals surface area contributed by atoms with E-state index in [0.717, 1.165) is 32.5 Å². The maximum atomic E-state index is 11.9. The van der Waals surface area contributed by atoms with Crippen LogP contribution in [0.3, 0.4) is 0 Å². The van der Waals surface area contributed by atoms with Gasteiger partial charge in [0, 0.05) is 25.2 Å². The molecule has 1 aliphatic rings. The highest BCUT2D eigenvalue weighted by Crippen LogP contribution is 2.14. The molecule has 1 fully saturated rings. The lowest BCUT2D eigenvalue weighted by Gasteiger charge is -2.28. The molecule has 6 heteroatoms. The van der Waals surface area contributed by atoms with Crippen LogP contribution in [-0.4, -0.2) is 55.8 Å². The summed E-state index contributed by atoms with van der Waals surface area (Å²) < 4.78 is 0. The van der Waals surface area contributed by atoms with Crippen LogP contribution in [-0.2, 0) is 4.79 Å². The Morgan fingerprint density at radius 1 is 1.29 bits per heavy atom. The van der Waals surface area contributed by atoms with E-state index in [1.54, 1.807) is 13.1 Å². The summed E-state index contributed by atoms with van der Waals surface area (Å²) in [7, 11) is 2.13. The predicted octanol–water partition coefficient (Wildman–Crippen LogP) is 1.50. The molecule has 1 rings (SSSR count). The molecule has 0 radical (unpaired) electrons. The highest BCUT2D eigenvalue weighted by atomic mass is 16.1. The number of nitrogens with zero attached hydrogens (tertiary/aromatic N) is 4. The molecule has 0 saturated carbocycles. The zero-order valence-corrected chi connectivity index (χ0v) is 13.1. The number of hydrogen-bond donors (Lipinski definition) is 1. The zero-order valence-electron chi connectivity index (χ0n) is 13.1. The highest BCUT2D eigenvalue weighted by Gasteiger charge is 2.17. The molecular formula is C15H25N5O. The van der Waals surface area contributed by atoms with Crippen molar-refractivity contribution in [3.63, 3.8) is 0 Å². The van der Waals surface area contributed by atoms with Gasteiger partial charge >= 0.3 is 0 Å². The normalized spacial score (nSPS) is 19.1. The molecule has 1 N–H and O–H groups in total. The number of rotatable bonds is 6. The number of hydrogen-bond acceptors (Lipinski definition) is 4. The Labute approximate surface area is 126 Å². The molecule has 0 aromatic carbocycles. The first-order valence-electron chi connectivity index (χ1n) is 7.29. The molecule has 116 valence electrons. The topological polar surface area (TPSA) is 69.4 Å². The van der Waals surface area contributed by atoms with Crippen LogP contribution in [0, 0.1) is 5.92 Å². The van der Waals surface area contributed by atoms with Gasteiger partial charge < -0.3 is 10.2 Å². The van der Waals surface area contributed by atoms with Gasteiger partial charge in [0.2, 0.25) is 0 Å². The van der Waals surface area contributed by atoms with Gasteiger partial charge in [-0.1, -0.05) is 0 Å². The summed E-state index contributed by atoms with van der Waals surface area (Å²) >= 11 is 0. The summed E-state index contributed by atoms with van der Waals surface area (Å²) in [6, 6.07) is 0. The highest BCUT2D eigenvalue weighted by molar-refractivity contribution is 6.38. The van der Waals surface area contributed by atoms with Crippen LogP contribution < -0.4 is 5.32 Å². The number of nitrogens with one attached hydrogen (secondary N) is 1. The first-order chi connectivity index (χ1) is 10.1. The van der Waals surface area contributed by atoms with Crippen molar-refractivity contribution in [2.45, 2.75) is 26.7 Å². The number of carbonyl (C=O) groups is 1. The van der Waals surface area contributed by atoms with E-state index < -0.39 is 0 Å². The Balaban J connectivity index is 2.30. The van der Waals surface area contributed by atoms with E-state index in [-0.39, 0.29) is 5.91 Å².